The van der Waals surface area contributed by atoms with Gasteiger partial charge < -0.3 is 29.4 Å². The minimum atomic E-state index is -1.08. The van der Waals surface area contributed by atoms with Crippen LogP contribution in [0.2, 0.25) is 0 Å². The number of aromatic nitrogens is 14. The van der Waals surface area contributed by atoms with E-state index in [2.05, 4.69) is 70.1 Å². The van der Waals surface area contributed by atoms with Gasteiger partial charge in [0.05, 0.1) is 35.8 Å². The maximum Gasteiger partial charge on any atom is 0.332 e. The molecule has 2 aliphatic heterocycles. The number of amides is 1. The number of thioether (sulfide) groups is 2. The molecule has 10 rings (SSSR count). The molecule has 77 heavy (non-hydrogen) atoms. The fourth-order valence-electron chi connectivity index (χ4n) is 9.04. The predicted molar refractivity (Wildman–Crippen MR) is 299 cm³/mol. The van der Waals surface area contributed by atoms with E-state index >= 15 is 0 Å². The van der Waals surface area contributed by atoms with Gasteiger partial charge in [0.2, 0.25) is 17.8 Å². The van der Waals surface area contributed by atoms with Crippen molar-refractivity contribution in [1.82, 2.24) is 67.3 Å². The van der Waals surface area contributed by atoms with E-state index in [1.165, 1.54) is 76.7 Å². The van der Waals surface area contributed by atoms with Crippen LogP contribution in [-0.4, -0.2) is 134 Å². The van der Waals surface area contributed by atoms with Gasteiger partial charge in [0.25, 0.3) is 11.1 Å². The van der Waals surface area contributed by atoms with Crippen molar-refractivity contribution in [2.45, 2.75) is 64.7 Å². The topological polar surface area (TPSA) is 277 Å². The molecule has 27 heteroatoms. The van der Waals surface area contributed by atoms with Crippen LogP contribution in [0.25, 0.3) is 44.8 Å². The van der Waals surface area contributed by atoms with Gasteiger partial charge in [-0.05, 0) is 76.3 Å². The number of aliphatic carboxylic acids is 1. The highest BCUT2D eigenvalue weighted by molar-refractivity contribution is 7.98. The van der Waals surface area contributed by atoms with Crippen LogP contribution in [0.3, 0.4) is 0 Å². The summed E-state index contributed by atoms with van der Waals surface area (Å²) in [7, 11) is 5.76. The summed E-state index contributed by atoms with van der Waals surface area (Å²) in [4.78, 5) is 114. The number of aryl methyl sites for hydroxylation is 2. The molecule has 0 saturated carbocycles. The van der Waals surface area contributed by atoms with Crippen molar-refractivity contribution in [3.05, 3.63) is 116 Å². The number of rotatable bonds is 14. The second-order valence-corrected chi connectivity index (χ2v) is 20.1. The number of carboxylic acid groups (broad SMARTS) is 1. The first kappa shape index (κ1) is 55.0. The van der Waals surface area contributed by atoms with Gasteiger partial charge in [0, 0.05) is 89.3 Å². The Balaban J connectivity index is 0.000000169. The molecule has 25 nitrogen and oxygen atoms in total. The first-order valence-electron chi connectivity index (χ1n) is 24.6. The molecule has 2 fully saturated rings. The van der Waals surface area contributed by atoms with Crippen molar-refractivity contribution >= 4 is 81.3 Å². The summed E-state index contributed by atoms with van der Waals surface area (Å²) >= 11 is 3.21. The van der Waals surface area contributed by atoms with Crippen molar-refractivity contribution < 1.29 is 14.7 Å². The lowest BCUT2D eigenvalue weighted by Gasteiger charge is -2.22. The Labute approximate surface area is 449 Å². The number of nitrogens with zero attached hydrogens (tertiary/aromatic N) is 17. The summed E-state index contributed by atoms with van der Waals surface area (Å²) in [6.07, 6.45) is 18.6. The average molecular weight is 1090 g/mol. The fraction of sp³-hybridized carbons (Fsp3) is 0.400. The molecule has 8 aromatic rings. The van der Waals surface area contributed by atoms with E-state index in [-0.39, 0.29) is 41.3 Å². The number of hydrogen-bond donors (Lipinski definition) is 2. The van der Waals surface area contributed by atoms with E-state index in [1.54, 1.807) is 42.2 Å². The minimum Gasteiger partial charge on any atom is -0.480 e. The van der Waals surface area contributed by atoms with Gasteiger partial charge in [0.15, 0.2) is 22.3 Å². The molecule has 0 radical (unpaired) electrons. The van der Waals surface area contributed by atoms with Gasteiger partial charge in [0.1, 0.15) is 24.7 Å². The molecule has 2 saturated heterocycles. The molecule has 0 aliphatic carbocycles. The number of pyridine rings is 2. The zero-order chi connectivity index (χ0) is 55.1. The molecular weight excluding hydrogens is 1030 g/mol. The van der Waals surface area contributed by atoms with Crippen LogP contribution >= 0.6 is 23.5 Å². The molecule has 1 amide bonds. The van der Waals surface area contributed by atoms with E-state index in [1.807, 2.05) is 49.0 Å². The van der Waals surface area contributed by atoms with Crippen molar-refractivity contribution in [3.8, 4) is 22.5 Å². The molecule has 10 heterocycles. The SMILES string of the molecule is CSCN(C(=O)Cn1cnc2c1c(=O)n(C)c(=O)n2C)c1cccc(-c2cnc(N3CCC[C@H]3C)nc2)n1.CSCNc1cccc(-c2cnc(N3CCC[C@H]3C)nc2)n1.Cn1c(=O)c2c(ncn2CC(=O)O)n(C)c1=O. The molecule has 404 valence electrons. The van der Waals surface area contributed by atoms with Crippen LogP contribution in [0.15, 0.2) is 93.0 Å². The number of carboxylic acids is 1. The molecule has 0 spiro atoms. The van der Waals surface area contributed by atoms with Crippen LogP contribution in [-0.2, 0) is 50.9 Å². The maximum atomic E-state index is 13.5. The van der Waals surface area contributed by atoms with E-state index in [4.69, 9.17) is 10.1 Å². The average Bonchev–Trinajstić information content (AvgIpc) is 4.29. The number of hydrogen-bond acceptors (Lipinski definition) is 19. The van der Waals surface area contributed by atoms with Crippen LogP contribution < -0.4 is 42.5 Å². The number of carbonyl (C=O) groups excluding carboxylic acids is 1. The third-order valence-corrected chi connectivity index (χ3v) is 14.2. The Kier molecular flexibility index (Phi) is 17.3. The summed E-state index contributed by atoms with van der Waals surface area (Å²) in [6.45, 7) is 5.90. The molecule has 0 unspecified atom stereocenters. The molecule has 0 bridgehead atoms. The summed E-state index contributed by atoms with van der Waals surface area (Å²) in [5, 5.41) is 12.0. The van der Waals surface area contributed by atoms with Crippen molar-refractivity contribution in [2.75, 3.05) is 57.4 Å². The van der Waals surface area contributed by atoms with E-state index in [0.29, 0.717) is 35.4 Å². The lowest BCUT2D eigenvalue weighted by Crippen LogP contribution is -2.38. The quantitative estimate of drug-likeness (QED) is 0.148. The summed E-state index contributed by atoms with van der Waals surface area (Å²) in [5.74, 6) is 2.75. The van der Waals surface area contributed by atoms with Crippen molar-refractivity contribution in [2.24, 2.45) is 28.2 Å². The summed E-state index contributed by atoms with van der Waals surface area (Å²) < 4.78 is 7.10. The first-order valence-corrected chi connectivity index (χ1v) is 27.4. The van der Waals surface area contributed by atoms with Gasteiger partial charge in [-0.25, -0.2) is 49.5 Å². The molecule has 0 aromatic carbocycles. The van der Waals surface area contributed by atoms with Crippen LogP contribution in [0, 0.1) is 0 Å². The third kappa shape index (κ3) is 11.9. The lowest BCUT2D eigenvalue weighted by molar-refractivity contribution is -0.137. The minimum absolute atomic E-state index is 0.108. The number of nitrogens with one attached hydrogen (secondary N) is 1. The predicted octanol–water partition coefficient (Wildman–Crippen LogP) is 3.41. The maximum absolute atomic E-state index is 13.5. The van der Waals surface area contributed by atoms with Gasteiger partial charge >= 0.3 is 17.3 Å². The van der Waals surface area contributed by atoms with Gasteiger partial charge in [-0.1, -0.05) is 12.1 Å². The molecular formula is C50H60N18O7S2. The Hall–Kier alpha value is -8.20. The normalized spacial score (nSPS) is 15.1. The molecule has 2 atom stereocenters. The fourth-order valence-corrected chi connectivity index (χ4v) is 9.87. The number of imidazole rings is 2. The summed E-state index contributed by atoms with van der Waals surface area (Å²) in [6, 6.07) is 12.4. The zero-order valence-corrected chi connectivity index (χ0v) is 45.6. The van der Waals surface area contributed by atoms with Crippen molar-refractivity contribution in [3.63, 3.8) is 0 Å². The lowest BCUT2D eigenvalue weighted by atomic mass is 10.2. The second-order valence-electron chi connectivity index (χ2n) is 18.4. The summed E-state index contributed by atoms with van der Waals surface area (Å²) in [5.41, 5.74) is 1.93. The highest BCUT2D eigenvalue weighted by atomic mass is 32.2. The second kappa shape index (κ2) is 24.2. The Morgan fingerprint density at radius 2 is 1.13 bits per heavy atom. The largest absolute Gasteiger partial charge is 0.480 e. The highest BCUT2D eigenvalue weighted by Gasteiger charge is 2.25. The Bertz CT molecular complexity index is 3670. The Morgan fingerprint density at radius 3 is 1.58 bits per heavy atom. The van der Waals surface area contributed by atoms with E-state index < -0.39 is 28.5 Å². The van der Waals surface area contributed by atoms with Crippen LogP contribution in [0.4, 0.5) is 23.5 Å². The van der Waals surface area contributed by atoms with E-state index in [9.17, 15) is 28.8 Å². The smallest absolute Gasteiger partial charge is 0.332 e. The van der Waals surface area contributed by atoms with Gasteiger partial charge in [-0.15, -0.1) is 23.5 Å². The zero-order valence-electron chi connectivity index (χ0n) is 44.0. The van der Waals surface area contributed by atoms with Crippen molar-refractivity contribution in [1.29, 1.82) is 0 Å². The van der Waals surface area contributed by atoms with Crippen LogP contribution in [0.5, 0.6) is 0 Å². The number of anilines is 4. The van der Waals surface area contributed by atoms with E-state index in [0.717, 1.165) is 69.5 Å². The molecule has 2 N–H and O–H groups in total. The third-order valence-electron chi connectivity index (χ3n) is 13.3. The molecule has 2 aliphatic rings. The monoisotopic (exact) mass is 1090 g/mol. The Morgan fingerprint density at radius 1 is 0.649 bits per heavy atom. The number of fused-ring (bicyclic) bond motifs is 2. The number of carbonyl (C=O) groups is 2. The highest BCUT2D eigenvalue weighted by Crippen LogP contribution is 2.27. The first-order chi connectivity index (χ1) is 37.0. The van der Waals surface area contributed by atoms with Gasteiger partial charge in [-0.2, -0.15) is 0 Å². The van der Waals surface area contributed by atoms with Gasteiger partial charge in [-0.3, -0.25) is 42.3 Å². The standard InChI is InChI=1S/C25H29N9O3S.C16H21N5S.C9H10N4O4/c1-16-7-6-10-33(16)24-26-11-17(12-27-24)18-8-5-9-19(29-18)34(15-38-4)20(35)13-32-14-28-22-21(32)23(36)31(3)25(37)30(22)2;1-12-5-4-8-21(12)16-17-9-13(10-18-16)14-6-3-7-15(20-14)19-11-22-2;1-11-7-6(8(16)12(2)9(11)17)13(4-10-7)3-5(14)15/h5,8-9,11-12,14,16H,6-7,10,13,15H2,1-4H3;3,6-7,9-10,12H,4-5,8,11H2,1-2H3,(H,19,20);4H,3H2,1-2H3,(H,14,15)/t16-;12-;/m11./s1. The van der Waals surface area contributed by atoms with Crippen LogP contribution in [0.1, 0.15) is 39.5 Å². The molecule has 8 aromatic heterocycles.